The molecule has 0 atom stereocenters. The highest BCUT2D eigenvalue weighted by Crippen LogP contribution is 2.36. The van der Waals surface area contributed by atoms with Gasteiger partial charge in [-0.05, 0) is 30.5 Å². The summed E-state index contributed by atoms with van der Waals surface area (Å²) < 4.78 is 43.0. The highest BCUT2D eigenvalue weighted by atomic mass is 19.4. The van der Waals surface area contributed by atoms with Crippen LogP contribution < -0.4 is 4.74 Å². The number of ether oxygens (including phenoxy) is 1. The second kappa shape index (κ2) is 6.47. The van der Waals surface area contributed by atoms with E-state index in [2.05, 4.69) is 4.74 Å². The maximum Gasteiger partial charge on any atom is 0.419 e. The molecule has 0 radical (unpaired) electrons. The van der Waals surface area contributed by atoms with E-state index in [0.29, 0.717) is 0 Å². The van der Waals surface area contributed by atoms with Gasteiger partial charge in [-0.1, -0.05) is 6.07 Å². The minimum Gasteiger partial charge on any atom is -0.496 e. The van der Waals surface area contributed by atoms with Crippen molar-refractivity contribution in [3.05, 3.63) is 29.3 Å². The number of alkyl halides is 3. The molecule has 0 aliphatic carbocycles. The first-order valence-corrected chi connectivity index (χ1v) is 5.86. The van der Waals surface area contributed by atoms with Gasteiger partial charge in [0.1, 0.15) is 5.75 Å². The SMILES string of the molecule is COc1ccc(CCC(C(=O)O)C(=O)O)cc1C(F)(F)F. The number of rotatable bonds is 6. The maximum absolute atomic E-state index is 12.8. The van der Waals surface area contributed by atoms with Crippen molar-refractivity contribution in [3.8, 4) is 5.75 Å². The third-order valence-corrected chi connectivity index (χ3v) is 2.89. The standard InChI is InChI=1S/C13H13F3O5/c1-21-10-5-3-7(6-9(10)13(14,15)16)2-4-8(11(17)18)12(19)20/h3,5-6,8H,2,4H2,1H3,(H,17,18)(H,19,20). The number of carbonyl (C=O) groups is 2. The molecule has 0 heterocycles. The van der Waals surface area contributed by atoms with Crippen molar-refractivity contribution in [3.63, 3.8) is 0 Å². The highest BCUT2D eigenvalue weighted by molar-refractivity contribution is 5.92. The van der Waals surface area contributed by atoms with E-state index < -0.39 is 29.6 Å². The molecular weight excluding hydrogens is 293 g/mol. The number of hydrogen-bond acceptors (Lipinski definition) is 3. The summed E-state index contributed by atoms with van der Waals surface area (Å²) in [4.78, 5) is 21.4. The van der Waals surface area contributed by atoms with Crippen LogP contribution in [0.4, 0.5) is 13.2 Å². The minimum atomic E-state index is -4.61. The van der Waals surface area contributed by atoms with E-state index >= 15 is 0 Å². The number of halogens is 3. The van der Waals surface area contributed by atoms with E-state index in [1.54, 1.807) is 0 Å². The largest absolute Gasteiger partial charge is 0.496 e. The van der Waals surface area contributed by atoms with Gasteiger partial charge < -0.3 is 14.9 Å². The number of aliphatic carboxylic acids is 2. The Kier molecular flexibility index (Phi) is 5.17. The molecule has 0 aromatic heterocycles. The van der Waals surface area contributed by atoms with E-state index in [0.717, 1.165) is 19.2 Å². The molecule has 8 heteroatoms. The molecule has 0 bridgehead atoms. The molecule has 0 aliphatic heterocycles. The molecular formula is C13H13F3O5. The smallest absolute Gasteiger partial charge is 0.419 e. The molecule has 2 N–H and O–H groups in total. The van der Waals surface area contributed by atoms with Gasteiger partial charge in [0.25, 0.3) is 0 Å². The lowest BCUT2D eigenvalue weighted by molar-refractivity contribution is -0.154. The molecule has 0 saturated heterocycles. The summed E-state index contributed by atoms with van der Waals surface area (Å²) in [5, 5.41) is 17.4. The predicted octanol–water partition coefficient (Wildman–Crippen LogP) is 2.43. The monoisotopic (exact) mass is 306 g/mol. The molecule has 5 nitrogen and oxygen atoms in total. The first kappa shape index (κ1) is 16.8. The van der Waals surface area contributed by atoms with Crippen LogP contribution in [0.3, 0.4) is 0 Å². The zero-order valence-corrected chi connectivity index (χ0v) is 11.0. The van der Waals surface area contributed by atoms with Crippen LogP contribution in [0.2, 0.25) is 0 Å². The van der Waals surface area contributed by atoms with Crippen molar-refractivity contribution in [2.45, 2.75) is 19.0 Å². The molecule has 0 amide bonds. The van der Waals surface area contributed by atoms with Crippen molar-refractivity contribution < 1.29 is 37.7 Å². The van der Waals surface area contributed by atoms with Crippen LogP contribution in [0, 0.1) is 5.92 Å². The van der Waals surface area contributed by atoms with Gasteiger partial charge in [-0.3, -0.25) is 9.59 Å². The molecule has 0 fully saturated rings. The van der Waals surface area contributed by atoms with Crippen molar-refractivity contribution >= 4 is 11.9 Å². The van der Waals surface area contributed by atoms with Crippen LogP contribution in [-0.2, 0) is 22.2 Å². The Balaban J connectivity index is 2.95. The Hall–Kier alpha value is -2.25. The maximum atomic E-state index is 12.8. The molecule has 1 aromatic carbocycles. The lowest BCUT2D eigenvalue weighted by Crippen LogP contribution is -2.23. The summed E-state index contributed by atoms with van der Waals surface area (Å²) in [7, 11) is 1.11. The van der Waals surface area contributed by atoms with E-state index in [-0.39, 0.29) is 24.2 Å². The average Bonchev–Trinajstić information content (AvgIpc) is 2.36. The van der Waals surface area contributed by atoms with Crippen molar-refractivity contribution in [2.24, 2.45) is 5.92 Å². The number of carboxylic acid groups (broad SMARTS) is 2. The second-order valence-electron chi connectivity index (χ2n) is 4.30. The fraction of sp³-hybridized carbons (Fsp3) is 0.385. The Labute approximate surface area is 118 Å². The zero-order valence-electron chi connectivity index (χ0n) is 11.0. The van der Waals surface area contributed by atoms with Crippen molar-refractivity contribution in [1.82, 2.24) is 0 Å². The summed E-state index contributed by atoms with van der Waals surface area (Å²) in [6.07, 6.45) is -5.01. The molecule has 1 aromatic rings. The van der Waals surface area contributed by atoms with Crippen LogP contribution in [0.15, 0.2) is 18.2 Å². The molecule has 21 heavy (non-hydrogen) atoms. The first-order chi connectivity index (χ1) is 9.66. The number of benzene rings is 1. The second-order valence-corrected chi connectivity index (χ2v) is 4.30. The van der Waals surface area contributed by atoms with Crippen LogP contribution in [0.25, 0.3) is 0 Å². The summed E-state index contributed by atoms with van der Waals surface area (Å²) in [6.45, 7) is 0. The summed E-state index contributed by atoms with van der Waals surface area (Å²) >= 11 is 0. The van der Waals surface area contributed by atoms with Gasteiger partial charge in [-0.2, -0.15) is 13.2 Å². The van der Waals surface area contributed by atoms with Crippen LogP contribution in [-0.4, -0.2) is 29.3 Å². The Bertz CT molecular complexity index is 525. The lowest BCUT2D eigenvalue weighted by Gasteiger charge is -2.14. The van der Waals surface area contributed by atoms with Gasteiger partial charge in [0.05, 0.1) is 12.7 Å². The van der Waals surface area contributed by atoms with Crippen LogP contribution in [0.1, 0.15) is 17.5 Å². The van der Waals surface area contributed by atoms with E-state index in [1.165, 1.54) is 6.07 Å². The third kappa shape index (κ3) is 4.37. The molecule has 0 unspecified atom stereocenters. The van der Waals surface area contributed by atoms with E-state index in [4.69, 9.17) is 10.2 Å². The van der Waals surface area contributed by atoms with Gasteiger partial charge >= 0.3 is 18.1 Å². The molecule has 116 valence electrons. The molecule has 0 spiro atoms. The molecule has 0 aliphatic rings. The zero-order chi connectivity index (χ0) is 16.2. The lowest BCUT2D eigenvalue weighted by atomic mass is 9.98. The topological polar surface area (TPSA) is 83.8 Å². The fourth-order valence-corrected chi connectivity index (χ4v) is 1.80. The van der Waals surface area contributed by atoms with Crippen molar-refractivity contribution in [2.75, 3.05) is 7.11 Å². The average molecular weight is 306 g/mol. The summed E-state index contributed by atoms with van der Waals surface area (Å²) in [5.41, 5.74) is -0.791. The van der Waals surface area contributed by atoms with E-state index in [9.17, 15) is 22.8 Å². The Morgan fingerprint density at radius 2 is 1.81 bits per heavy atom. The predicted molar refractivity (Wildman–Crippen MR) is 65.1 cm³/mol. The summed E-state index contributed by atoms with van der Waals surface area (Å²) in [5.74, 6) is -5.04. The van der Waals surface area contributed by atoms with E-state index in [1.807, 2.05) is 0 Å². The highest BCUT2D eigenvalue weighted by Gasteiger charge is 2.34. The van der Waals surface area contributed by atoms with Gasteiger partial charge in [-0.15, -0.1) is 0 Å². The van der Waals surface area contributed by atoms with Crippen molar-refractivity contribution in [1.29, 1.82) is 0 Å². The molecule has 1 rings (SSSR count). The number of methoxy groups -OCH3 is 1. The van der Waals surface area contributed by atoms with Gasteiger partial charge in [0.15, 0.2) is 5.92 Å². The number of hydrogen-bond donors (Lipinski definition) is 2. The summed E-state index contributed by atoms with van der Waals surface area (Å²) in [6, 6.07) is 3.29. The van der Waals surface area contributed by atoms with Gasteiger partial charge in [0.2, 0.25) is 0 Å². The Morgan fingerprint density at radius 3 is 2.24 bits per heavy atom. The molecule has 0 saturated carbocycles. The minimum absolute atomic E-state index is 0.101. The van der Waals surface area contributed by atoms with Crippen LogP contribution in [0.5, 0.6) is 5.75 Å². The fourth-order valence-electron chi connectivity index (χ4n) is 1.80. The number of carboxylic acids is 2. The van der Waals surface area contributed by atoms with Gasteiger partial charge in [-0.25, -0.2) is 0 Å². The first-order valence-electron chi connectivity index (χ1n) is 5.86. The Morgan fingerprint density at radius 1 is 1.24 bits per heavy atom. The van der Waals surface area contributed by atoms with Crippen LogP contribution >= 0.6 is 0 Å². The normalized spacial score (nSPS) is 11.5. The third-order valence-electron chi connectivity index (χ3n) is 2.89. The quantitative estimate of drug-likeness (QED) is 0.789. The van der Waals surface area contributed by atoms with Gasteiger partial charge in [0, 0.05) is 0 Å². The number of aryl methyl sites for hydroxylation is 1.